The van der Waals surface area contributed by atoms with Gasteiger partial charge in [0.2, 0.25) is 0 Å². The van der Waals surface area contributed by atoms with Crippen molar-refractivity contribution in [3.63, 3.8) is 0 Å². The minimum atomic E-state index is -0.424. The Morgan fingerprint density at radius 3 is 2.62 bits per heavy atom. The molecule has 0 unspecified atom stereocenters. The van der Waals surface area contributed by atoms with E-state index in [1.807, 2.05) is 24.4 Å². The molecule has 1 aliphatic heterocycles. The summed E-state index contributed by atoms with van der Waals surface area (Å²) in [6, 6.07) is 9.08. The zero-order valence-electron chi connectivity index (χ0n) is 16.5. The van der Waals surface area contributed by atoms with E-state index in [0.29, 0.717) is 42.2 Å². The summed E-state index contributed by atoms with van der Waals surface area (Å²) in [6.07, 6.45) is 1.06. The number of amides is 2. The van der Waals surface area contributed by atoms with Crippen molar-refractivity contribution in [2.24, 2.45) is 5.92 Å². The molecule has 154 valence electrons. The van der Waals surface area contributed by atoms with Crippen molar-refractivity contribution < 1.29 is 23.9 Å². The predicted molar refractivity (Wildman–Crippen MR) is 110 cm³/mol. The SMILES string of the molecule is COc1ccc(C)cc1NC(=O)COC(=O)C1CCN(C(=O)c2cccs2)CC1. The summed E-state index contributed by atoms with van der Waals surface area (Å²) < 4.78 is 10.4. The number of aryl methyl sites for hydroxylation is 1. The Morgan fingerprint density at radius 1 is 1.21 bits per heavy atom. The highest BCUT2D eigenvalue weighted by atomic mass is 32.1. The van der Waals surface area contributed by atoms with Gasteiger partial charge < -0.3 is 19.7 Å². The summed E-state index contributed by atoms with van der Waals surface area (Å²) >= 11 is 1.41. The zero-order chi connectivity index (χ0) is 20.8. The fraction of sp³-hybridized carbons (Fsp3) is 0.381. The van der Waals surface area contributed by atoms with Crippen LogP contribution in [0.3, 0.4) is 0 Å². The van der Waals surface area contributed by atoms with Crippen LogP contribution in [0, 0.1) is 12.8 Å². The highest BCUT2D eigenvalue weighted by molar-refractivity contribution is 7.12. The summed E-state index contributed by atoms with van der Waals surface area (Å²) in [5, 5.41) is 4.58. The Hall–Kier alpha value is -2.87. The van der Waals surface area contributed by atoms with E-state index in [9.17, 15) is 14.4 Å². The molecule has 3 rings (SSSR count). The fourth-order valence-corrected chi connectivity index (χ4v) is 3.93. The number of ether oxygens (including phenoxy) is 2. The van der Waals surface area contributed by atoms with Gasteiger partial charge in [-0.25, -0.2) is 0 Å². The zero-order valence-corrected chi connectivity index (χ0v) is 17.3. The van der Waals surface area contributed by atoms with Gasteiger partial charge in [-0.05, 0) is 48.9 Å². The lowest BCUT2D eigenvalue weighted by Crippen LogP contribution is -2.40. The van der Waals surface area contributed by atoms with Crippen LogP contribution in [0.5, 0.6) is 5.75 Å². The third kappa shape index (κ3) is 5.35. The summed E-state index contributed by atoms with van der Waals surface area (Å²) in [6.45, 7) is 2.56. The molecular weight excluding hydrogens is 392 g/mol. The van der Waals surface area contributed by atoms with Crippen LogP contribution >= 0.6 is 11.3 Å². The molecule has 1 fully saturated rings. The molecule has 7 nitrogen and oxygen atoms in total. The normalized spacial score (nSPS) is 14.3. The molecular formula is C21H24N2O5S. The van der Waals surface area contributed by atoms with Gasteiger partial charge in [-0.15, -0.1) is 11.3 Å². The van der Waals surface area contributed by atoms with E-state index in [2.05, 4.69) is 5.32 Å². The minimum Gasteiger partial charge on any atom is -0.495 e. The molecule has 29 heavy (non-hydrogen) atoms. The van der Waals surface area contributed by atoms with E-state index in [-0.39, 0.29) is 18.4 Å². The molecule has 1 saturated heterocycles. The molecule has 2 amide bonds. The first kappa shape index (κ1) is 20.9. The number of piperidine rings is 1. The topological polar surface area (TPSA) is 84.9 Å². The molecule has 1 aliphatic rings. The summed E-state index contributed by atoms with van der Waals surface area (Å²) in [5.74, 6) is -0.591. The van der Waals surface area contributed by atoms with Gasteiger partial charge >= 0.3 is 5.97 Å². The second-order valence-corrected chi connectivity index (χ2v) is 7.85. The van der Waals surface area contributed by atoms with E-state index in [1.54, 1.807) is 23.1 Å². The third-order valence-electron chi connectivity index (χ3n) is 4.82. The summed E-state index contributed by atoms with van der Waals surface area (Å²) in [4.78, 5) is 39.3. The minimum absolute atomic E-state index is 0.00158. The van der Waals surface area contributed by atoms with E-state index in [0.717, 1.165) is 5.56 Å². The lowest BCUT2D eigenvalue weighted by Gasteiger charge is -2.30. The number of methoxy groups -OCH3 is 1. The standard InChI is InChI=1S/C21H24N2O5S/c1-14-5-6-17(27-2)16(12-14)22-19(24)13-28-21(26)15-7-9-23(10-8-15)20(25)18-4-3-11-29-18/h3-6,11-12,15H,7-10,13H2,1-2H3,(H,22,24). The van der Waals surface area contributed by atoms with Crippen LogP contribution in [-0.4, -0.2) is 49.5 Å². The Bertz CT molecular complexity index is 873. The number of likely N-dealkylation sites (tertiary alicyclic amines) is 1. The van der Waals surface area contributed by atoms with Gasteiger partial charge in [0.1, 0.15) is 5.75 Å². The summed E-state index contributed by atoms with van der Waals surface area (Å²) in [7, 11) is 1.52. The molecule has 8 heteroatoms. The van der Waals surface area contributed by atoms with Gasteiger partial charge in [-0.1, -0.05) is 12.1 Å². The largest absolute Gasteiger partial charge is 0.495 e. The van der Waals surface area contributed by atoms with Crippen molar-refractivity contribution in [2.75, 3.05) is 32.1 Å². The van der Waals surface area contributed by atoms with Gasteiger partial charge in [-0.2, -0.15) is 0 Å². The quantitative estimate of drug-likeness (QED) is 0.732. The van der Waals surface area contributed by atoms with Crippen molar-refractivity contribution in [2.45, 2.75) is 19.8 Å². The second kappa shape index (κ2) is 9.56. The number of anilines is 1. The highest BCUT2D eigenvalue weighted by Gasteiger charge is 2.29. The number of carbonyl (C=O) groups excluding carboxylic acids is 3. The van der Waals surface area contributed by atoms with Crippen molar-refractivity contribution in [1.82, 2.24) is 4.90 Å². The molecule has 0 radical (unpaired) electrons. The van der Waals surface area contributed by atoms with Crippen molar-refractivity contribution in [3.8, 4) is 5.75 Å². The number of carbonyl (C=O) groups is 3. The first-order valence-electron chi connectivity index (χ1n) is 9.42. The van der Waals surface area contributed by atoms with E-state index in [4.69, 9.17) is 9.47 Å². The Balaban J connectivity index is 1.45. The van der Waals surface area contributed by atoms with Gasteiger partial charge in [0.25, 0.3) is 11.8 Å². The number of nitrogens with one attached hydrogen (secondary N) is 1. The first-order chi connectivity index (χ1) is 14.0. The maximum absolute atomic E-state index is 12.4. The van der Waals surface area contributed by atoms with Gasteiger partial charge in [-0.3, -0.25) is 14.4 Å². The second-order valence-electron chi connectivity index (χ2n) is 6.90. The average Bonchev–Trinajstić information content (AvgIpc) is 3.27. The fourth-order valence-electron chi connectivity index (χ4n) is 3.23. The molecule has 0 atom stereocenters. The van der Waals surface area contributed by atoms with Gasteiger partial charge in [0, 0.05) is 13.1 Å². The number of benzene rings is 1. The van der Waals surface area contributed by atoms with Crippen molar-refractivity contribution in [3.05, 3.63) is 46.2 Å². The highest BCUT2D eigenvalue weighted by Crippen LogP contribution is 2.25. The van der Waals surface area contributed by atoms with E-state index >= 15 is 0 Å². The lowest BCUT2D eigenvalue weighted by molar-refractivity contribution is -0.152. The van der Waals surface area contributed by atoms with Crippen LogP contribution in [0.1, 0.15) is 28.1 Å². The number of rotatable bonds is 6. The third-order valence-corrected chi connectivity index (χ3v) is 5.68. The molecule has 1 aromatic carbocycles. The maximum Gasteiger partial charge on any atom is 0.309 e. The number of hydrogen-bond donors (Lipinski definition) is 1. The number of esters is 1. The van der Waals surface area contributed by atoms with Crippen LogP contribution in [-0.2, 0) is 14.3 Å². The molecule has 2 aromatic rings. The Kier molecular flexibility index (Phi) is 6.87. The van der Waals surface area contributed by atoms with Crippen LogP contribution < -0.4 is 10.1 Å². The average molecular weight is 416 g/mol. The van der Waals surface area contributed by atoms with E-state index < -0.39 is 11.9 Å². The monoisotopic (exact) mass is 416 g/mol. The number of thiophene rings is 1. The van der Waals surface area contributed by atoms with Crippen LogP contribution in [0.25, 0.3) is 0 Å². The maximum atomic E-state index is 12.4. The van der Waals surface area contributed by atoms with E-state index in [1.165, 1.54) is 18.4 Å². The molecule has 1 N–H and O–H groups in total. The molecule has 0 aliphatic carbocycles. The molecule has 0 bridgehead atoms. The number of hydrogen-bond acceptors (Lipinski definition) is 6. The first-order valence-corrected chi connectivity index (χ1v) is 10.3. The number of nitrogens with zero attached hydrogens (tertiary/aromatic N) is 1. The van der Waals surface area contributed by atoms with Crippen LogP contribution in [0.15, 0.2) is 35.7 Å². The predicted octanol–water partition coefficient (Wildman–Crippen LogP) is 3.10. The van der Waals surface area contributed by atoms with Crippen LogP contribution in [0.4, 0.5) is 5.69 Å². The molecule has 0 saturated carbocycles. The van der Waals surface area contributed by atoms with Crippen LogP contribution in [0.2, 0.25) is 0 Å². The Labute approximate surface area is 173 Å². The summed E-state index contributed by atoms with van der Waals surface area (Å²) in [5.41, 5.74) is 1.51. The Morgan fingerprint density at radius 2 is 1.97 bits per heavy atom. The molecule has 1 aromatic heterocycles. The van der Waals surface area contributed by atoms with Gasteiger partial charge in [0.15, 0.2) is 6.61 Å². The molecule has 0 spiro atoms. The molecule has 2 heterocycles. The lowest BCUT2D eigenvalue weighted by atomic mass is 9.97. The van der Waals surface area contributed by atoms with Gasteiger partial charge in [0.05, 0.1) is 23.6 Å². The van der Waals surface area contributed by atoms with Crippen molar-refractivity contribution >= 4 is 34.8 Å². The smallest absolute Gasteiger partial charge is 0.309 e. The van der Waals surface area contributed by atoms with Crippen molar-refractivity contribution in [1.29, 1.82) is 0 Å².